The van der Waals surface area contributed by atoms with Gasteiger partial charge in [0, 0.05) is 25.3 Å². The molecule has 2 heterocycles. The van der Waals surface area contributed by atoms with Gasteiger partial charge in [-0.3, -0.25) is 29.4 Å². The number of unbranched alkanes of at least 4 members (excludes halogenated alkanes) is 3. The number of nitrogens with one attached hydrogen (secondary N) is 2. The van der Waals surface area contributed by atoms with Crippen LogP contribution in [0.5, 0.6) is 0 Å². The van der Waals surface area contributed by atoms with E-state index in [1.54, 1.807) is 18.2 Å². The summed E-state index contributed by atoms with van der Waals surface area (Å²) in [6.45, 7) is 13.2. The maximum absolute atomic E-state index is 13.2. The molecule has 2 aliphatic heterocycles. The largest absolute Gasteiger partial charge is 0.382 e. The molecule has 0 saturated carbocycles. The van der Waals surface area contributed by atoms with E-state index in [-0.39, 0.29) is 24.0 Å². The molecule has 1 aromatic carbocycles. The van der Waals surface area contributed by atoms with Crippen molar-refractivity contribution >= 4 is 51.9 Å². The first-order valence-electron chi connectivity index (χ1n) is 23.2. The van der Waals surface area contributed by atoms with E-state index in [0.717, 1.165) is 17.9 Å². The number of ether oxygens (including phenoxy) is 13. The van der Waals surface area contributed by atoms with Crippen molar-refractivity contribution in [2.24, 2.45) is 0 Å². The third-order valence-electron chi connectivity index (χ3n) is 9.67. The van der Waals surface area contributed by atoms with Gasteiger partial charge < -0.3 is 66.9 Å². The lowest BCUT2D eigenvalue weighted by Gasteiger charge is -2.27. The molecule has 378 valence electrons. The van der Waals surface area contributed by atoms with Crippen LogP contribution in [-0.4, -0.2) is 217 Å². The topological polar surface area (TPSA) is 216 Å². The molecular formula is C45H74IN3O17. The summed E-state index contributed by atoms with van der Waals surface area (Å²) >= 11 is 2.42. The minimum atomic E-state index is -1.01. The Balaban J connectivity index is 0.943. The highest BCUT2D eigenvalue weighted by Crippen LogP contribution is 2.32. The molecule has 2 aliphatic rings. The van der Waals surface area contributed by atoms with Crippen molar-refractivity contribution in [1.82, 2.24) is 10.2 Å². The summed E-state index contributed by atoms with van der Waals surface area (Å²) in [5.74, 6) is -2.17. The fourth-order valence-corrected chi connectivity index (χ4v) is 6.85. The van der Waals surface area contributed by atoms with Crippen LogP contribution in [0.3, 0.4) is 0 Å². The number of anilines is 1. The number of piperidine rings is 1. The van der Waals surface area contributed by atoms with Crippen LogP contribution < -0.4 is 10.6 Å². The number of benzene rings is 1. The van der Waals surface area contributed by atoms with E-state index in [2.05, 4.69) is 33.2 Å². The zero-order chi connectivity index (χ0) is 47.0. The van der Waals surface area contributed by atoms with Crippen LogP contribution in [0.25, 0.3) is 0 Å². The average Bonchev–Trinajstić information content (AvgIpc) is 3.57. The second kappa shape index (κ2) is 40.4. The van der Waals surface area contributed by atoms with Gasteiger partial charge in [-0.1, -0.05) is 41.5 Å². The van der Waals surface area contributed by atoms with Crippen LogP contribution in [0.1, 0.15) is 59.2 Å². The molecule has 20 nitrogen and oxygen atoms in total. The highest BCUT2D eigenvalue weighted by atomic mass is 127. The van der Waals surface area contributed by atoms with Crippen molar-refractivity contribution in [2.45, 2.75) is 44.6 Å². The molecule has 0 spiro atoms. The molecule has 1 fully saturated rings. The average molecular weight is 1060 g/mol. The Morgan fingerprint density at radius 2 is 0.864 bits per heavy atom. The van der Waals surface area contributed by atoms with E-state index < -0.39 is 29.7 Å². The first-order valence-corrected chi connectivity index (χ1v) is 24.7. The fourth-order valence-electron chi connectivity index (χ4n) is 6.31. The summed E-state index contributed by atoms with van der Waals surface area (Å²) in [4.78, 5) is 51.0. The molecule has 1 aromatic rings. The summed E-state index contributed by atoms with van der Waals surface area (Å²) in [6, 6.07) is 3.90. The number of fused-ring (bicyclic) bond motifs is 1. The number of imide groups is 2. The van der Waals surface area contributed by atoms with Gasteiger partial charge in [0.05, 0.1) is 176 Å². The smallest absolute Gasteiger partial charge is 0.264 e. The number of rotatable bonds is 47. The maximum Gasteiger partial charge on any atom is 0.264 e. The SMILES string of the molecule is O=C1CCC(N2C(=O)c3cccc(NCCOCCOCCOCCOCCOCCOCCOCCOCCOCCOCCOCCOCCOCCCCCCI)c3C2=O)C(=O)N1. The highest BCUT2D eigenvalue weighted by molar-refractivity contribution is 14.1. The molecule has 0 bridgehead atoms. The molecule has 1 unspecified atom stereocenters. The third-order valence-corrected chi connectivity index (χ3v) is 10.4. The van der Waals surface area contributed by atoms with Crippen LogP contribution >= 0.6 is 22.6 Å². The Bertz CT molecular complexity index is 1430. The Labute approximate surface area is 403 Å². The van der Waals surface area contributed by atoms with Gasteiger partial charge in [0.2, 0.25) is 11.8 Å². The van der Waals surface area contributed by atoms with Crippen LogP contribution in [0, 0.1) is 0 Å². The van der Waals surface area contributed by atoms with Crippen molar-refractivity contribution in [3.63, 3.8) is 0 Å². The quantitative estimate of drug-likeness (QED) is 0.0416. The second-order valence-corrected chi connectivity index (χ2v) is 15.7. The van der Waals surface area contributed by atoms with Crippen molar-refractivity contribution in [1.29, 1.82) is 0 Å². The number of carbonyl (C=O) groups is 4. The van der Waals surface area contributed by atoms with Crippen molar-refractivity contribution in [3.8, 4) is 0 Å². The number of hydrogen-bond acceptors (Lipinski definition) is 18. The Morgan fingerprint density at radius 1 is 0.485 bits per heavy atom. The van der Waals surface area contributed by atoms with Gasteiger partial charge >= 0.3 is 0 Å². The van der Waals surface area contributed by atoms with E-state index in [9.17, 15) is 19.2 Å². The van der Waals surface area contributed by atoms with E-state index in [4.69, 9.17) is 61.6 Å². The maximum atomic E-state index is 13.2. The molecule has 0 aromatic heterocycles. The van der Waals surface area contributed by atoms with Gasteiger partial charge in [0.1, 0.15) is 6.04 Å². The van der Waals surface area contributed by atoms with Crippen molar-refractivity contribution < 1.29 is 80.8 Å². The Hall–Kier alpha value is -2.49. The minimum absolute atomic E-state index is 0.0639. The van der Waals surface area contributed by atoms with Crippen LogP contribution in [0.2, 0.25) is 0 Å². The zero-order valence-electron chi connectivity index (χ0n) is 38.6. The minimum Gasteiger partial charge on any atom is -0.382 e. The molecule has 4 amide bonds. The Morgan fingerprint density at radius 3 is 1.26 bits per heavy atom. The number of carbonyl (C=O) groups excluding carboxylic acids is 4. The number of alkyl halides is 1. The highest BCUT2D eigenvalue weighted by Gasteiger charge is 2.45. The first kappa shape index (κ1) is 57.8. The van der Waals surface area contributed by atoms with Gasteiger partial charge in [0.15, 0.2) is 0 Å². The van der Waals surface area contributed by atoms with Crippen molar-refractivity contribution in [3.05, 3.63) is 29.3 Å². The second-order valence-electron chi connectivity index (χ2n) is 14.7. The fraction of sp³-hybridized carbons (Fsp3) is 0.778. The monoisotopic (exact) mass is 1060 g/mol. The summed E-state index contributed by atoms with van der Waals surface area (Å²) in [5, 5.41) is 5.34. The Kier molecular flexibility index (Phi) is 35.4. The number of amides is 4. The first-order chi connectivity index (χ1) is 32.5. The third kappa shape index (κ3) is 26.9. The molecule has 21 heteroatoms. The number of nitrogens with zero attached hydrogens (tertiary/aromatic N) is 1. The molecular weight excluding hydrogens is 981 g/mol. The van der Waals surface area contributed by atoms with Gasteiger partial charge in [-0.15, -0.1) is 0 Å². The van der Waals surface area contributed by atoms with Gasteiger partial charge in [-0.2, -0.15) is 0 Å². The van der Waals surface area contributed by atoms with E-state index in [1.807, 2.05) is 0 Å². The summed E-state index contributed by atoms with van der Waals surface area (Å²) < 4.78 is 73.0. The standard InChI is InChI=1S/C45H74IN3O17/c46-10-3-1-2-4-12-54-14-16-56-18-20-58-22-24-60-26-28-62-30-32-64-34-36-66-37-35-65-33-31-63-29-27-61-25-23-59-21-19-57-17-15-55-13-11-47-39-7-5-6-38-42(39)45(53)49(44(38)52)40-8-9-41(50)48-43(40)51/h5-7,40,47H,1-4,8-37H2,(H,48,50,51). The normalized spacial score (nSPS) is 15.0. The van der Waals surface area contributed by atoms with E-state index >= 15 is 0 Å². The lowest BCUT2D eigenvalue weighted by molar-refractivity contribution is -0.136. The van der Waals surface area contributed by atoms with Gasteiger partial charge in [-0.25, -0.2) is 0 Å². The lowest BCUT2D eigenvalue weighted by Crippen LogP contribution is -2.54. The summed E-state index contributed by atoms with van der Waals surface area (Å²) in [5.41, 5.74) is 0.903. The van der Waals surface area contributed by atoms with Crippen molar-refractivity contribution in [2.75, 3.05) is 188 Å². The summed E-state index contributed by atoms with van der Waals surface area (Å²) in [6.07, 6.45) is 5.10. The van der Waals surface area contributed by atoms with Crippen LogP contribution in [0.4, 0.5) is 5.69 Å². The van der Waals surface area contributed by atoms with Gasteiger partial charge in [-0.05, 0) is 35.8 Å². The molecule has 0 aliphatic carbocycles. The zero-order valence-corrected chi connectivity index (χ0v) is 40.8. The molecule has 1 saturated heterocycles. The molecule has 2 N–H and O–H groups in total. The van der Waals surface area contributed by atoms with E-state index in [0.29, 0.717) is 177 Å². The lowest BCUT2D eigenvalue weighted by atomic mass is 10.0. The molecule has 3 rings (SSSR count). The van der Waals surface area contributed by atoms with Gasteiger partial charge in [0.25, 0.3) is 11.8 Å². The molecule has 1 atom stereocenters. The predicted octanol–water partition coefficient (Wildman–Crippen LogP) is 2.71. The van der Waals surface area contributed by atoms with Crippen LogP contribution in [-0.2, 0) is 71.2 Å². The molecule has 0 radical (unpaired) electrons. The van der Waals surface area contributed by atoms with E-state index in [1.165, 1.54) is 23.7 Å². The summed E-state index contributed by atoms with van der Waals surface area (Å²) in [7, 11) is 0. The van der Waals surface area contributed by atoms with Crippen LogP contribution in [0.15, 0.2) is 18.2 Å². The predicted molar refractivity (Wildman–Crippen MR) is 250 cm³/mol. The molecule has 66 heavy (non-hydrogen) atoms. The number of hydrogen-bond donors (Lipinski definition) is 2. The number of halogens is 1.